The van der Waals surface area contributed by atoms with Gasteiger partial charge in [0.1, 0.15) is 0 Å². The van der Waals surface area contributed by atoms with Crippen LogP contribution >= 0.6 is 22.9 Å². The summed E-state index contributed by atoms with van der Waals surface area (Å²) in [6.07, 6.45) is -0.0528. The third kappa shape index (κ3) is 3.80. The Morgan fingerprint density at radius 1 is 1.32 bits per heavy atom. The Balaban J connectivity index is 1.83. The molecule has 19 heavy (non-hydrogen) atoms. The van der Waals surface area contributed by atoms with Gasteiger partial charge in [-0.15, -0.1) is 11.3 Å². The number of rotatable bonds is 5. The van der Waals surface area contributed by atoms with Crippen LogP contribution in [0.3, 0.4) is 0 Å². The smallest absolute Gasteiger partial charge is 0.252 e. The predicted octanol–water partition coefficient (Wildman–Crippen LogP) is 3.26. The van der Waals surface area contributed by atoms with Gasteiger partial charge in [0.05, 0.1) is 16.7 Å². The van der Waals surface area contributed by atoms with Gasteiger partial charge in [-0.1, -0.05) is 29.8 Å². The van der Waals surface area contributed by atoms with Crippen LogP contribution in [0.1, 0.15) is 27.8 Å². The molecule has 3 nitrogen and oxygen atoms in total. The second-order valence-corrected chi connectivity index (χ2v) is 5.44. The highest BCUT2D eigenvalue weighted by atomic mass is 35.5. The van der Waals surface area contributed by atoms with E-state index in [4.69, 9.17) is 11.6 Å². The maximum atomic E-state index is 11.9. The monoisotopic (exact) mass is 295 g/mol. The Bertz CT molecular complexity index is 542. The van der Waals surface area contributed by atoms with Crippen molar-refractivity contribution < 1.29 is 9.90 Å². The van der Waals surface area contributed by atoms with Gasteiger partial charge in [0.15, 0.2) is 0 Å². The standard InChI is InChI=1S/C14H14ClNO2S/c15-11-5-2-1-4-10(11)14(18)16-8-7-12(17)13-6-3-9-19-13/h1-6,9,12,17H,7-8H2,(H,16,18)/t12-/m1/s1. The largest absolute Gasteiger partial charge is 0.388 e. The number of carbonyl (C=O) groups excluding carboxylic acids is 1. The number of thiophene rings is 1. The quantitative estimate of drug-likeness (QED) is 0.889. The highest BCUT2D eigenvalue weighted by molar-refractivity contribution is 7.10. The average Bonchev–Trinajstić information content (AvgIpc) is 2.93. The first-order chi connectivity index (χ1) is 9.18. The minimum absolute atomic E-state index is 0.219. The zero-order valence-corrected chi connectivity index (χ0v) is 11.7. The SMILES string of the molecule is O=C(NCC[C@@H](O)c1cccs1)c1ccccc1Cl. The van der Waals surface area contributed by atoms with Crippen LogP contribution in [0.2, 0.25) is 5.02 Å². The number of amides is 1. The van der Waals surface area contributed by atoms with Gasteiger partial charge >= 0.3 is 0 Å². The van der Waals surface area contributed by atoms with Crippen LogP contribution in [-0.4, -0.2) is 17.6 Å². The molecule has 0 aliphatic heterocycles. The van der Waals surface area contributed by atoms with Gasteiger partial charge in [-0.05, 0) is 30.0 Å². The van der Waals surface area contributed by atoms with Crippen molar-refractivity contribution in [2.24, 2.45) is 0 Å². The van der Waals surface area contributed by atoms with Crippen LogP contribution in [0.15, 0.2) is 41.8 Å². The highest BCUT2D eigenvalue weighted by Gasteiger charge is 2.11. The molecule has 5 heteroatoms. The van der Waals surface area contributed by atoms with Crippen LogP contribution in [0.5, 0.6) is 0 Å². The van der Waals surface area contributed by atoms with Crippen LogP contribution < -0.4 is 5.32 Å². The lowest BCUT2D eigenvalue weighted by Crippen LogP contribution is -2.25. The fourth-order valence-corrected chi connectivity index (χ4v) is 2.65. The Morgan fingerprint density at radius 3 is 2.79 bits per heavy atom. The van der Waals surface area contributed by atoms with Crippen molar-refractivity contribution in [3.05, 3.63) is 57.2 Å². The van der Waals surface area contributed by atoms with Crippen molar-refractivity contribution in [3.8, 4) is 0 Å². The van der Waals surface area contributed by atoms with E-state index in [9.17, 15) is 9.90 Å². The molecule has 2 rings (SSSR count). The fourth-order valence-electron chi connectivity index (χ4n) is 1.69. The van der Waals surface area contributed by atoms with Crippen molar-refractivity contribution in [1.29, 1.82) is 0 Å². The van der Waals surface area contributed by atoms with Gasteiger partial charge in [-0.2, -0.15) is 0 Å². The topological polar surface area (TPSA) is 49.3 Å². The number of aliphatic hydroxyl groups excluding tert-OH is 1. The number of aliphatic hydroxyl groups is 1. The van der Waals surface area contributed by atoms with Gasteiger partial charge in [0.2, 0.25) is 0 Å². The lowest BCUT2D eigenvalue weighted by Gasteiger charge is -2.10. The summed E-state index contributed by atoms with van der Waals surface area (Å²) in [5.41, 5.74) is 0.454. The minimum atomic E-state index is -0.536. The van der Waals surface area contributed by atoms with Crippen molar-refractivity contribution in [3.63, 3.8) is 0 Å². The van der Waals surface area contributed by atoms with E-state index in [-0.39, 0.29) is 5.91 Å². The number of carbonyl (C=O) groups is 1. The lowest BCUT2D eigenvalue weighted by molar-refractivity contribution is 0.0943. The van der Waals surface area contributed by atoms with E-state index in [1.807, 2.05) is 17.5 Å². The first-order valence-corrected chi connectivity index (χ1v) is 7.18. The van der Waals surface area contributed by atoms with Crippen LogP contribution in [0, 0.1) is 0 Å². The summed E-state index contributed by atoms with van der Waals surface area (Å²) < 4.78 is 0. The van der Waals surface area contributed by atoms with Crippen molar-refractivity contribution >= 4 is 28.8 Å². The van der Waals surface area contributed by atoms with Gasteiger partial charge in [0.25, 0.3) is 5.91 Å². The average molecular weight is 296 g/mol. The maximum Gasteiger partial charge on any atom is 0.252 e. The summed E-state index contributed by atoms with van der Waals surface area (Å²) in [5, 5.41) is 15.0. The molecule has 100 valence electrons. The normalized spacial score (nSPS) is 12.1. The van der Waals surface area contributed by atoms with Crippen LogP contribution in [0.25, 0.3) is 0 Å². The fraction of sp³-hybridized carbons (Fsp3) is 0.214. The first kappa shape index (κ1) is 14.1. The zero-order chi connectivity index (χ0) is 13.7. The molecule has 2 N–H and O–H groups in total. The summed E-state index contributed by atoms with van der Waals surface area (Å²) >= 11 is 7.44. The van der Waals surface area contributed by atoms with Crippen molar-refractivity contribution in [2.45, 2.75) is 12.5 Å². The van der Waals surface area contributed by atoms with Gasteiger partial charge in [-0.3, -0.25) is 4.79 Å². The summed E-state index contributed by atoms with van der Waals surface area (Å²) in [7, 11) is 0. The van der Waals surface area contributed by atoms with Gasteiger partial charge < -0.3 is 10.4 Å². The highest BCUT2D eigenvalue weighted by Crippen LogP contribution is 2.21. The molecule has 0 unspecified atom stereocenters. The van der Waals surface area contributed by atoms with E-state index in [0.717, 1.165) is 4.88 Å². The van der Waals surface area contributed by atoms with E-state index in [2.05, 4.69) is 5.32 Å². The number of benzene rings is 1. The molecule has 0 bridgehead atoms. The molecule has 1 atom stereocenters. The molecule has 0 radical (unpaired) electrons. The van der Waals surface area contributed by atoms with E-state index in [1.54, 1.807) is 24.3 Å². The summed E-state index contributed by atoms with van der Waals surface area (Å²) in [5.74, 6) is -0.219. The van der Waals surface area contributed by atoms with Crippen LogP contribution in [-0.2, 0) is 0 Å². The molecule has 1 aromatic heterocycles. The molecule has 0 fully saturated rings. The number of hydrogen-bond donors (Lipinski definition) is 2. The molecule has 1 amide bonds. The molecular weight excluding hydrogens is 282 g/mol. The Morgan fingerprint density at radius 2 is 2.11 bits per heavy atom. The molecule has 0 spiro atoms. The predicted molar refractivity (Wildman–Crippen MR) is 77.7 cm³/mol. The van der Waals surface area contributed by atoms with E-state index in [1.165, 1.54) is 11.3 Å². The number of hydrogen-bond acceptors (Lipinski definition) is 3. The van der Waals surface area contributed by atoms with Gasteiger partial charge in [0, 0.05) is 11.4 Å². The Hall–Kier alpha value is -1.36. The molecule has 0 aliphatic carbocycles. The minimum Gasteiger partial charge on any atom is -0.388 e. The Kier molecular flexibility index (Phi) is 4.96. The van der Waals surface area contributed by atoms with Crippen molar-refractivity contribution in [2.75, 3.05) is 6.54 Å². The van der Waals surface area contributed by atoms with E-state index >= 15 is 0 Å². The lowest BCUT2D eigenvalue weighted by atomic mass is 10.2. The second kappa shape index (κ2) is 6.70. The molecule has 1 aromatic carbocycles. The Labute approximate surface area is 120 Å². The third-order valence-electron chi connectivity index (χ3n) is 2.69. The molecular formula is C14H14ClNO2S. The van der Waals surface area contributed by atoms with E-state index < -0.39 is 6.10 Å². The maximum absolute atomic E-state index is 11.9. The van der Waals surface area contributed by atoms with Crippen LogP contribution in [0.4, 0.5) is 0 Å². The molecule has 2 aromatic rings. The van der Waals surface area contributed by atoms with Gasteiger partial charge in [-0.25, -0.2) is 0 Å². The van der Waals surface area contributed by atoms with Crippen molar-refractivity contribution in [1.82, 2.24) is 5.32 Å². The van der Waals surface area contributed by atoms with E-state index in [0.29, 0.717) is 23.6 Å². The molecule has 0 saturated heterocycles. The zero-order valence-electron chi connectivity index (χ0n) is 10.2. The summed E-state index contributed by atoms with van der Waals surface area (Å²) in [4.78, 5) is 12.8. The third-order valence-corrected chi connectivity index (χ3v) is 4.00. The summed E-state index contributed by atoms with van der Waals surface area (Å²) in [6.45, 7) is 0.406. The number of halogens is 1. The molecule has 1 heterocycles. The number of nitrogens with one attached hydrogen (secondary N) is 1. The second-order valence-electron chi connectivity index (χ2n) is 4.06. The first-order valence-electron chi connectivity index (χ1n) is 5.92. The summed E-state index contributed by atoms with van der Waals surface area (Å²) in [6, 6.07) is 10.7. The molecule has 0 saturated carbocycles. The molecule has 0 aliphatic rings.